The highest BCUT2D eigenvalue weighted by Crippen LogP contribution is 2.22. The molecule has 0 aliphatic carbocycles. The normalized spacial score (nSPS) is 15.7. The highest BCUT2D eigenvalue weighted by molar-refractivity contribution is 5.94. The molecule has 1 aromatic carbocycles. The largest absolute Gasteiger partial charge is 0.368 e. The van der Waals surface area contributed by atoms with Gasteiger partial charge in [0.05, 0.1) is 0 Å². The summed E-state index contributed by atoms with van der Waals surface area (Å²) in [5.74, 6) is -0.0339. The Morgan fingerprint density at radius 2 is 1.73 bits per heavy atom. The van der Waals surface area contributed by atoms with Crippen LogP contribution in [0.25, 0.3) is 0 Å². The van der Waals surface area contributed by atoms with E-state index in [2.05, 4.69) is 10.6 Å². The van der Waals surface area contributed by atoms with Crippen LogP contribution in [0.15, 0.2) is 24.3 Å². The summed E-state index contributed by atoms with van der Waals surface area (Å²) >= 11 is 0. The van der Waals surface area contributed by atoms with Gasteiger partial charge in [-0.1, -0.05) is 12.1 Å². The zero-order chi connectivity index (χ0) is 18.3. The van der Waals surface area contributed by atoms with Gasteiger partial charge >= 0.3 is 0 Å². The minimum Gasteiger partial charge on any atom is -0.368 e. The van der Waals surface area contributed by atoms with Crippen molar-refractivity contribution in [1.29, 1.82) is 0 Å². The Bertz CT molecular complexity index is 582. The van der Waals surface area contributed by atoms with Crippen LogP contribution in [-0.2, 0) is 16.1 Å². The summed E-state index contributed by atoms with van der Waals surface area (Å²) in [5, 5.41) is 6.21. The molecule has 1 aliphatic heterocycles. The molecule has 26 heavy (non-hydrogen) atoms. The molecule has 1 fully saturated rings. The maximum atomic E-state index is 12.5. The number of piperidine rings is 1. The first-order valence-electron chi connectivity index (χ1n) is 8.98. The van der Waals surface area contributed by atoms with Crippen LogP contribution in [0.4, 0.5) is 0 Å². The Kier molecular flexibility index (Phi) is 9.05. The van der Waals surface area contributed by atoms with E-state index in [1.807, 2.05) is 38.1 Å². The molecule has 2 N–H and O–H groups in total. The molecule has 1 heterocycles. The predicted molar refractivity (Wildman–Crippen MR) is 105 cm³/mol. The smallest absolute Gasteiger partial charge is 0.253 e. The van der Waals surface area contributed by atoms with E-state index in [4.69, 9.17) is 4.74 Å². The van der Waals surface area contributed by atoms with Gasteiger partial charge in [0.2, 0.25) is 0 Å². The van der Waals surface area contributed by atoms with Gasteiger partial charge in [-0.25, -0.2) is 0 Å². The number of halogens is 1. The van der Waals surface area contributed by atoms with Gasteiger partial charge < -0.3 is 20.3 Å². The monoisotopic (exact) mass is 383 g/mol. The number of carbonyl (C=O) groups is 2. The summed E-state index contributed by atoms with van der Waals surface area (Å²) in [6, 6.07) is 7.41. The lowest BCUT2D eigenvalue weighted by molar-refractivity contribution is -0.146. The van der Waals surface area contributed by atoms with E-state index >= 15 is 0 Å². The third-order valence-corrected chi connectivity index (χ3v) is 4.92. The first-order chi connectivity index (χ1) is 12.1. The van der Waals surface area contributed by atoms with Crippen LogP contribution in [0.1, 0.15) is 42.6 Å². The number of hydrogen-bond acceptors (Lipinski definition) is 4. The summed E-state index contributed by atoms with van der Waals surface area (Å²) in [5.41, 5.74) is 0.902. The van der Waals surface area contributed by atoms with Crippen LogP contribution in [0.5, 0.6) is 0 Å². The summed E-state index contributed by atoms with van der Waals surface area (Å²) in [4.78, 5) is 26.6. The van der Waals surface area contributed by atoms with Gasteiger partial charge in [-0.15, -0.1) is 12.4 Å². The molecule has 0 aromatic heterocycles. The second kappa shape index (κ2) is 10.5. The molecule has 0 unspecified atom stereocenters. The summed E-state index contributed by atoms with van der Waals surface area (Å²) in [7, 11) is 1.60. The third kappa shape index (κ3) is 5.19. The molecule has 1 aliphatic rings. The molecule has 0 saturated carbocycles. The van der Waals surface area contributed by atoms with Crippen molar-refractivity contribution < 1.29 is 14.3 Å². The lowest BCUT2D eigenvalue weighted by Crippen LogP contribution is -2.53. The molecular formula is C19H30ClN3O3. The Balaban J connectivity index is 0.00000338. The molecular weight excluding hydrogens is 354 g/mol. The molecule has 146 valence electrons. The van der Waals surface area contributed by atoms with Crippen LogP contribution in [0, 0.1) is 0 Å². The van der Waals surface area contributed by atoms with E-state index in [1.54, 1.807) is 12.0 Å². The van der Waals surface area contributed by atoms with Crippen molar-refractivity contribution in [3.8, 4) is 0 Å². The van der Waals surface area contributed by atoms with E-state index in [-0.39, 0.29) is 24.2 Å². The van der Waals surface area contributed by atoms with E-state index in [1.165, 1.54) is 0 Å². The Morgan fingerprint density at radius 3 is 2.23 bits per heavy atom. The van der Waals surface area contributed by atoms with Crippen molar-refractivity contribution in [2.45, 2.75) is 38.8 Å². The molecule has 0 radical (unpaired) electrons. The number of methoxy groups -OCH3 is 1. The fraction of sp³-hybridized carbons (Fsp3) is 0.579. The van der Waals surface area contributed by atoms with Crippen molar-refractivity contribution in [3.05, 3.63) is 35.4 Å². The second-order valence-electron chi connectivity index (χ2n) is 6.31. The number of amides is 2. The highest BCUT2D eigenvalue weighted by Gasteiger charge is 2.39. The van der Waals surface area contributed by atoms with E-state index in [0.29, 0.717) is 38.0 Å². The van der Waals surface area contributed by atoms with E-state index in [9.17, 15) is 9.59 Å². The molecule has 1 aromatic rings. The molecule has 1 saturated heterocycles. The lowest BCUT2D eigenvalue weighted by Gasteiger charge is -2.34. The minimum absolute atomic E-state index is 0. The molecule has 0 atom stereocenters. The Hall–Kier alpha value is -1.63. The molecule has 0 spiro atoms. The SMILES string of the molecule is CCN(CC)C(=O)c1ccc(CNC(=O)C2(OC)CCNCC2)cc1.Cl. The number of ether oxygens (including phenoxy) is 1. The fourth-order valence-corrected chi connectivity index (χ4v) is 3.16. The average Bonchev–Trinajstić information content (AvgIpc) is 2.67. The van der Waals surface area contributed by atoms with Crippen molar-refractivity contribution in [1.82, 2.24) is 15.5 Å². The maximum absolute atomic E-state index is 12.5. The second-order valence-corrected chi connectivity index (χ2v) is 6.31. The summed E-state index contributed by atoms with van der Waals surface area (Å²) < 4.78 is 5.53. The average molecular weight is 384 g/mol. The first-order valence-corrected chi connectivity index (χ1v) is 8.98. The van der Waals surface area contributed by atoms with Gasteiger partial charge in [-0.05, 0) is 57.5 Å². The number of nitrogens with zero attached hydrogens (tertiary/aromatic N) is 1. The van der Waals surface area contributed by atoms with Crippen molar-refractivity contribution in [2.24, 2.45) is 0 Å². The highest BCUT2D eigenvalue weighted by atomic mass is 35.5. The predicted octanol–water partition coefficient (Wildman–Crippen LogP) is 1.98. The van der Waals surface area contributed by atoms with Gasteiger partial charge in [0.15, 0.2) is 0 Å². The van der Waals surface area contributed by atoms with Crippen molar-refractivity contribution in [3.63, 3.8) is 0 Å². The standard InChI is InChI=1S/C19H29N3O3.ClH/c1-4-22(5-2)17(23)16-8-6-15(7-9-16)14-21-18(24)19(25-3)10-12-20-13-11-19;/h6-9,20H,4-5,10-14H2,1-3H3,(H,21,24);1H. The van der Waals surface area contributed by atoms with Crippen LogP contribution >= 0.6 is 12.4 Å². The maximum Gasteiger partial charge on any atom is 0.253 e. The fourth-order valence-electron chi connectivity index (χ4n) is 3.16. The van der Waals surface area contributed by atoms with Gasteiger partial charge in [-0.3, -0.25) is 9.59 Å². The molecule has 6 nitrogen and oxygen atoms in total. The zero-order valence-corrected chi connectivity index (χ0v) is 16.7. The van der Waals surface area contributed by atoms with Gasteiger partial charge in [0, 0.05) is 32.3 Å². The molecule has 0 bridgehead atoms. The zero-order valence-electron chi connectivity index (χ0n) is 15.8. The Labute approximate surface area is 162 Å². The third-order valence-electron chi connectivity index (χ3n) is 4.92. The number of rotatable bonds is 7. The topological polar surface area (TPSA) is 70.7 Å². The minimum atomic E-state index is -0.732. The van der Waals surface area contributed by atoms with Crippen LogP contribution in [0.2, 0.25) is 0 Å². The Morgan fingerprint density at radius 1 is 1.15 bits per heavy atom. The van der Waals surface area contributed by atoms with Gasteiger partial charge in [0.25, 0.3) is 11.8 Å². The lowest BCUT2D eigenvalue weighted by atomic mass is 9.91. The summed E-state index contributed by atoms with van der Waals surface area (Å²) in [6.07, 6.45) is 1.35. The van der Waals surface area contributed by atoms with Crippen LogP contribution in [-0.4, -0.2) is 55.6 Å². The summed E-state index contributed by atoms with van der Waals surface area (Å²) in [6.45, 7) is 7.32. The van der Waals surface area contributed by atoms with Crippen LogP contribution in [0.3, 0.4) is 0 Å². The quantitative estimate of drug-likeness (QED) is 0.755. The molecule has 7 heteroatoms. The number of carbonyl (C=O) groups excluding carboxylic acids is 2. The number of benzene rings is 1. The number of hydrogen-bond donors (Lipinski definition) is 2. The van der Waals surface area contributed by atoms with E-state index in [0.717, 1.165) is 18.7 Å². The van der Waals surface area contributed by atoms with Gasteiger partial charge in [-0.2, -0.15) is 0 Å². The van der Waals surface area contributed by atoms with E-state index < -0.39 is 5.60 Å². The van der Waals surface area contributed by atoms with Crippen LogP contribution < -0.4 is 10.6 Å². The van der Waals surface area contributed by atoms with Crippen molar-refractivity contribution >= 4 is 24.2 Å². The van der Waals surface area contributed by atoms with Crippen molar-refractivity contribution in [2.75, 3.05) is 33.3 Å². The molecule has 2 rings (SSSR count). The number of nitrogens with one attached hydrogen (secondary N) is 2. The van der Waals surface area contributed by atoms with Gasteiger partial charge in [0.1, 0.15) is 5.60 Å². The first kappa shape index (κ1) is 22.4. The molecule has 2 amide bonds.